The zero-order valence-electron chi connectivity index (χ0n) is 12.8. The first kappa shape index (κ1) is 14.6. The standard InChI is InChI=1S/C17H24N2O2/c1-11-3-5-16-14(7-11)15-8-12(4-6-17(15)19-16)18-9-13(20)10-21-2/h3,5,7,12-13,18-20H,4,6,8-10H2,1-2H3. The quantitative estimate of drug-likeness (QED) is 0.788. The van der Waals surface area contributed by atoms with Gasteiger partial charge in [0.2, 0.25) is 0 Å². The predicted octanol–water partition coefficient (Wildman–Crippen LogP) is 1.93. The summed E-state index contributed by atoms with van der Waals surface area (Å²) < 4.78 is 4.96. The minimum atomic E-state index is -0.429. The number of hydrogen-bond donors (Lipinski definition) is 3. The van der Waals surface area contributed by atoms with Crippen LogP contribution in [0.1, 0.15) is 23.2 Å². The average molecular weight is 288 g/mol. The first-order valence-electron chi connectivity index (χ1n) is 7.68. The fourth-order valence-electron chi connectivity index (χ4n) is 3.26. The molecule has 1 aliphatic rings. The Hall–Kier alpha value is -1.36. The molecular formula is C17H24N2O2. The molecule has 0 aliphatic heterocycles. The molecule has 4 heteroatoms. The Morgan fingerprint density at radius 1 is 1.48 bits per heavy atom. The average Bonchev–Trinajstić information content (AvgIpc) is 2.83. The molecule has 0 saturated heterocycles. The van der Waals surface area contributed by atoms with Crippen LogP contribution in [0.2, 0.25) is 0 Å². The lowest BCUT2D eigenvalue weighted by atomic mass is 9.91. The van der Waals surface area contributed by atoms with Crippen LogP contribution in [0.3, 0.4) is 0 Å². The highest BCUT2D eigenvalue weighted by Gasteiger charge is 2.22. The number of ether oxygens (including phenoxy) is 1. The van der Waals surface area contributed by atoms with E-state index in [0.717, 1.165) is 19.3 Å². The van der Waals surface area contributed by atoms with Gasteiger partial charge >= 0.3 is 0 Å². The number of aliphatic hydroxyl groups is 1. The van der Waals surface area contributed by atoms with Crippen molar-refractivity contribution in [2.45, 2.75) is 38.3 Å². The number of aromatic amines is 1. The van der Waals surface area contributed by atoms with Crippen LogP contribution in [0, 0.1) is 6.92 Å². The molecule has 114 valence electrons. The largest absolute Gasteiger partial charge is 0.389 e. The fourth-order valence-corrected chi connectivity index (χ4v) is 3.26. The summed E-state index contributed by atoms with van der Waals surface area (Å²) >= 11 is 0. The summed E-state index contributed by atoms with van der Waals surface area (Å²) in [5.74, 6) is 0. The Kier molecular flexibility index (Phi) is 4.29. The third kappa shape index (κ3) is 3.12. The van der Waals surface area contributed by atoms with Crippen LogP contribution < -0.4 is 5.32 Å². The molecule has 2 aromatic rings. The van der Waals surface area contributed by atoms with Crippen molar-refractivity contribution in [3.8, 4) is 0 Å². The van der Waals surface area contributed by atoms with Crippen LogP contribution in [0.25, 0.3) is 10.9 Å². The van der Waals surface area contributed by atoms with Crippen molar-refractivity contribution in [2.24, 2.45) is 0 Å². The Morgan fingerprint density at radius 3 is 3.14 bits per heavy atom. The van der Waals surface area contributed by atoms with Gasteiger partial charge in [0.15, 0.2) is 0 Å². The highest BCUT2D eigenvalue weighted by Crippen LogP contribution is 2.29. The van der Waals surface area contributed by atoms with E-state index in [1.54, 1.807) is 7.11 Å². The van der Waals surface area contributed by atoms with Gasteiger partial charge in [-0.25, -0.2) is 0 Å². The summed E-state index contributed by atoms with van der Waals surface area (Å²) in [6, 6.07) is 7.03. The van der Waals surface area contributed by atoms with E-state index in [4.69, 9.17) is 4.74 Å². The van der Waals surface area contributed by atoms with Gasteiger partial charge in [0.1, 0.15) is 0 Å². The first-order chi connectivity index (χ1) is 10.2. The van der Waals surface area contributed by atoms with Crippen LogP contribution in [0.15, 0.2) is 18.2 Å². The van der Waals surface area contributed by atoms with E-state index in [0.29, 0.717) is 19.2 Å². The number of aromatic nitrogens is 1. The SMILES string of the molecule is COCC(O)CNC1CCc2[nH]c3ccc(C)cc3c2C1. The summed E-state index contributed by atoms with van der Waals surface area (Å²) in [4.78, 5) is 3.55. The van der Waals surface area contributed by atoms with E-state index < -0.39 is 6.10 Å². The van der Waals surface area contributed by atoms with Crippen molar-refractivity contribution >= 4 is 10.9 Å². The van der Waals surface area contributed by atoms with E-state index in [1.165, 1.54) is 27.7 Å². The molecule has 2 unspecified atom stereocenters. The topological polar surface area (TPSA) is 57.3 Å². The van der Waals surface area contributed by atoms with Crippen LogP contribution in [0.5, 0.6) is 0 Å². The number of aryl methyl sites for hydroxylation is 2. The third-order valence-electron chi connectivity index (χ3n) is 4.34. The second-order valence-corrected chi connectivity index (χ2v) is 6.09. The Labute approximate surface area is 125 Å². The molecule has 0 fully saturated rings. The number of aliphatic hydroxyl groups excluding tert-OH is 1. The van der Waals surface area contributed by atoms with Gasteiger partial charge in [-0.05, 0) is 43.9 Å². The van der Waals surface area contributed by atoms with E-state index in [1.807, 2.05) is 0 Å². The van der Waals surface area contributed by atoms with Gasteiger partial charge in [0.25, 0.3) is 0 Å². The second-order valence-electron chi connectivity index (χ2n) is 6.09. The molecule has 0 spiro atoms. The van der Waals surface area contributed by atoms with Crippen molar-refractivity contribution in [3.63, 3.8) is 0 Å². The van der Waals surface area contributed by atoms with E-state index in [-0.39, 0.29) is 0 Å². The maximum atomic E-state index is 9.75. The van der Waals surface area contributed by atoms with Crippen LogP contribution in [-0.4, -0.2) is 42.5 Å². The lowest BCUT2D eigenvalue weighted by Crippen LogP contribution is -2.40. The normalized spacial score (nSPS) is 19.7. The summed E-state index contributed by atoms with van der Waals surface area (Å²) in [5, 5.41) is 14.6. The molecule has 2 atom stereocenters. The number of methoxy groups -OCH3 is 1. The molecule has 1 aliphatic carbocycles. The number of rotatable bonds is 5. The molecule has 1 heterocycles. The molecule has 0 saturated carbocycles. The molecule has 0 radical (unpaired) electrons. The molecule has 4 nitrogen and oxygen atoms in total. The highest BCUT2D eigenvalue weighted by atomic mass is 16.5. The summed E-state index contributed by atoms with van der Waals surface area (Å²) in [6.45, 7) is 3.12. The van der Waals surface area contributed by atoms with Gasteiger partial charge < -0.3 is 20.1 Å². The Bertz CT molecular complexity index is 621. The minimum absolute atomic E-state index is 0.386. The fraction of sp³-hybridized carbons (Fsp3) is 0.529. The van der Waals surface area contributed by atoms with Crippen molar-refractivity contribution < 1.29 is 9.84 Å². The van der Waals surface area contributed by atoms with Gasteiger partial charge in [0, 0.05) is 36.3 Å². The number of hydrogen-bond acceptors (Lipinski definition) is 3. The van der Waals surface area contributed by atoms with Crippen molar-refractivity contribution in [2.75, 3.05) is 20.3 Å². The smallest absolute Gasteiger partial charge is 0.0897 e. The van der Waals surface area contributed by atoms with Gasteiger partial charge in [-0.2, -0.15) is 0 Å². The monoisotopic (exact) mass is 288 g/mol. The van der Waals surface area contributed by atoms with Gasteiger partial charge in [-0.1, -0.05) is 11.6 Å². The number of nitrogens with one attached hydrogen (secondary N) is 2. The van der Waals surface area contributed by atoms with Crippen LogP contribution in [0.4, 0.5) is 0 Å². The molecule has 3 N–H and O–H groups in total. The lowest BCUT2D eigenvalue weighted by molar-refractivity contribution is 0.0624. The van der Waals surface area contributed by atoms with Crippen LogP contribution in [-0.2, 0) is 17.6 Å². The molecule has 0 amide bonds. The van der Waals surface area contributed by atoms with E-state index in [2.05, 4.69) is 35.4 Å². The second kappa shape index (κ2) is 6.18. The lowest BCUT2D eigenvalue weighted by Gasteiger charge is -2.25. The summed E-state index contributed by atoms with van der Waals surface area (Å²) in [5.41, 5.74) is 5.37. The molecule has 1 aromatic carbocycles. The van der Waals surface area contributed by atoms with Crippen molar-refractivity contribution in [1.29, 1.82) is 0 Å². The van der Waals surface area contributed by atoms with Gasteiger partial charge in [-0.15, -0.1) is 0 Å². The van der Waals surface area contributed by atoms with E-state index >= 15 is 0 Å². The molecule has 0 bridgehead atoms. The zero-order valence-corrected chi connectivity index (χ0v) is 12.8. The summed E-state index contributed by atoms with van der Waals surface area (Å²) in [6.07, 6.45) is 2.78. The van der Waals surface area contributed by atoms with Crippen molar-refractivity contribution in [1.82, 2.24) is 10.3 Å². The Balaban J connectivity index is 1.72. The molecular weight excluding hydrogens is 264 g/mol. The maximum absolute atomic E-state index is 9.75. The molecule has 1 aromatic heterocycles. The van der Waals surface area contributed by atoms with Crippen LogP contribution >= 0.6 is 0 Å². The number of benzene rings is 1. The number of fused-ring (bicyclic) bond motifs is 3. The molecule has 21 heavy (non-hydrogen) atoms. The maximum Gasteiger partial charge on any atom is 0.0897 e. The summed E-state index contributed by atoms with van der Waals surface area (Å²) in [7, 11) is 1.62. The molecule has 3 rings (SSSR count). The Morgan fingerprint density at radius 2 is 2.33 bits per heavy atom. The van der Waals surface area contributed by atoms with Gasteiger partial charge in [-0.3, -0.25) is 0 Å². The van der Waals surface area contributed by atoms with E-state index in [9.17, 15) is 5.11 Å². The van der Waals surface area contributed by atoms with Gasteiger partial charge in [0.05, 0.1) is 12.7 Å². The predicted molar refractivity (Wildman–Crippen MR) is 84.7 cm³/mol. The highest BCUT2D eigenvalue weighted by molar-refractivity contribution is 5.85. The first-order valence-corrected chi connectivity index (χ1v) is 7.68. The third-order valence-corrected chi connectivity index (χ3v) is 4.34. The zero-order chi connectivity index (χ0) is 14.8. The minimum Gasteiger partial charge on any atom is -0.389 e. The number of H-pyrrole nitrogens is 1. The van der Waals surface area contributed by atoms with Crippen molar-refractivity contribution in [3.05, 3.63) is 35.0 Å².